The van der Waals surface area contributed by atoms with Crippen molar-refractivity contribution in [2.24, 2.45) is 0 Å². The Morgan fingerprint density at radius 1 is 1.40 bits per heavy atom. The van der Waals surface area contributed by atoms with Crippen LogP contribution in [-0.2, 0) is 18.6 Å². The van der Waals surface area contributed by atoms with Crippen LogP contribution in [0.15, 0.2) is 18.2 Å². The van der Waals surface area contributed by atoms with E-state index >= 15 is 0 Å². The molecule has 2 aromatic rings. The second-order valence-electron chi connectivity index (χ2n) is 4.52. The predicted octanol–water partition coefficient (Wildman–Crippen LogP) is 4.55. The Balaban J connectivity index is 2.52. The highest BCUT2D eigenvalue weighted by Gasteiger charge is 2.31. The van der Waals surface area contributed by atoms with Gasteiger partial charge in [-0.3, -0.25) is 0 Å². The van der Waals surface area contributed by atoms with Crippen molar-refractivity contribution in [2.75, 3.05) is 6.26 Å². The molecule has 0 bridgehead atoms. The van der Waals surface area contributed by atoms with Crippen molar-refractivity contribution in [3.05, 3.63) is 29.6 Å². The van der Waals surface area contributed by atoms with Gasteiger partial charge in [-0.2, -0.15) is 24.9 Å². The Kier molecular flexibility index (Phi) is 4.54. The lowest BCUT2D eigenvalue weighted by molar-refractivity contribution is -0.137. The van der Waals surface area contributed by atoms with Gasteiger partial charge in [-0.1, -0.05) is 6.92 Å². The average Bonchev–Trinajstić information content (AvgIpc) is 2.75. The lowest BCUT2D eigenvalue weighted by atomic mass is 10.2. The largest absolute Gasteiger partial charge is 0.416 e. The number of thioether (sulfide) groups is 1. The van der Waals surface area contributed by atoms with E-state index in [0.29, 0.717) is 28.7 Å². The van der Waals surface area contributed by atoms with E-state index in [0.717, 1.165) is 12.1 Å². The third-order valence-corrected chi connectivity index (χ3v) is 4.31. The third kappa shape index (κ3) is 3.06. The van der Waals surface area contributed by atoms with Crippen LogP contribution in [0.1, 0.15) is 18.3 Å². The zero-order valence-electron chi connectivity index (χ0n) is 11.0. The van der Waals surface area contributed by atoms with Crippen molar-refractivity contribution in [3.63, 3.8) is 0 Å². The quantitative estimate of drug-likeness (QED) is 0.769. The average molecular weight is 323 g/mol. The Morgan fingerprint density at radius 2 is 2.10 bits per heavy atom. The van der Waals surface area contributed by atoms with Gasteiger partial charge in [0.05, 0.1) is 22.5 Å². The van der Waals surface area contributed by atoms with Gasteiger partial charge in [0.15, 0.2) is 0 Å². The van der Waals surface area contributed by atoms with E-state index in [1.165, 1.54) is 6.07 Å². The van der Waals surface area contributed by atoms with Gasteiger partial charge in [0.1, 0.15) is 5.82 Å². The van der Waals surface area contributed by atoms with E-state index in [-0.39, 0.29) is 5.88 Å². The van der Waals surface area contributed by atoms with Gasteiger partial charge in [-0.25, -0.2) is 4.98 Å². The molecule has 2 nitrogen and oxygen atoms in total. The minimum atomic E-state index is -4.36. The number of benzene rings is 1. The summed E-state index contributed by atoms with van der Waals surface area (Å²) >= 11 is 7.53. The van der Waals surface area contributed by atoms with E-state index in [4.69, 9.17) is 11.6 Å². The fourth-order valence-corrected chi connectivity index (χ4v) is 2.50. The number of halogens is 4. The van der Waals surface area contributed by atoms with E-state index in [9.17, 15) is 13.2 Å². The highest BCUT2D eigenvalue weighted by Crippen LogP contribution is 2.32. The third-order valence-electron chi connectivity index (χ3n) is 3.12. The summed E-state index contributed by atoms with van der Waals surface area (Å²) in [7, 11) is 0. The van der Waals surface area contributed by atoms with Gasteiger partial charge < -0.3 is 4.57 Å². The fourth-order valence-electron chi connectivity index (χ4n) is 1.99. The standard InChI is InChI=1S/C13H14ClF3N2S/c1-8(20-2)7-19-11-4-3-9(13(15,16)17)5-10(11)18-12(19)6-14/h3-5,8H,6-7H2,1-2H3. The summed E-state index contributed by atoms with van der Waals surface area (Å²) < 4.78 is 40.0. The Bertz CT molecular complexity index is 609. The summed E-state index contributed by atoms with van der Waals surface area (Å²) in [4.78, 5) is 4.21. The first-order valence-electron chi connectivity index (χ1n) is 6.02. The van der Waals surface area contributed by atoms with Crippen molar-refractivity contribution in [3.8, 4) is 0 Å². The molecule has 0 spiro atoms. The van der Waals surface area contributed by atoms with E-state index in [2.05, 4.69) is 11.9 Å². The molecule has 0 saturated carbocycles. The molecule has 110 valence electrons. The summed E-state index contributed by atoms with van der Waals surface area (Å²) in [6, 6.07) is 3.63. The number of alkyl halides is 4. The van der Waals surface area contributed by atoms with Gasteiger partial charge >= 0.3 is 6.18 Å². The van der Waals surface area contributed by atoms with Crippen LogP contribution in [0.4, 0.5) is 13.2 Å². The number of fused-ring (bicyclic) bond motifs is 1. The van der Waals surface area contributed by atoms with Crippen molar-refractivity contribution in [1.29, 1.82) is 0 Å². The van der Waals surface area contributed by atoms with E-state index in [1.54, 1.807) is 11.8 Å². The molecule has 0 amide bonds. The molecular formula is C13H14ClF3N2S. The van der Waals surface area contributed by atoms with E-state index in [1.807, 2.05) is 10.8 Å². The zero-order valence-corrected chi connectivity index (χ0v) is 12.6. The molecule has 0 saturated heterocycles. The van der Waals surface area contributed by atoms with Crippen molar-refractivity contribution >= 4 is 34.4 Å². The van der Waals surface area contributed by atoms with Gasteiger partial charge in [0.2, 0.25) is 0 Å². The molecule has 0 aliphatic heterocycles. The summed E-state index contributed by atoms with van der Waals surface area (Å²) in [5.74, 6) is 0.777. The smallest absolute Gasteiger partial charge is 0.326 e. The highest BCUT2D eigenvalue weighted by atomic mass is 35.5. The van der Waals surface area contributed by atoms with Crippen LogP contribution in [0.2, 0.25) is 0 Å². The molecule has 0 aliphatic rings. The SMILES string of the molecule is CSC(C)Cn1c(CCl)nc2cc(C(F)(F)F)ccc21. The fraction of sp³-hybridized carbons (Fsp3) is 0.462. The molecule has 0 N–H and O–H groups in total. The second-order valence-corrected chi connectivity index (χ2v) is 6.06. The van der Waals surface area contributed by atoms with Gasteiger partial charge in [-0.15, -0.1) is 11.6 Å². The maximum Gasteiger partial charge on any atom is 0.416 e. The number of rotatable bonds is 4. The topological polar surface area (TPSA) is 17.8 Å². The first-order valence-corrected chi connectivity index (χ1v) is 7.84. The first-order chi connectivity index (χ1) is 9.36. The Hall–Kier alpha value is -0.880. The normalized spacial score (nSPS) is 13.9. The summed E-state index contributed by atoms with van der Waals surface area (Å²) in [6.07, 6.45) is -2.36. The highest BCUT2D eigenvalue weighted by molar-refractivity contribution is 7.99. The first kappa shape index (κ1) is 15.5. The van der Waals surface area contributed by atoms with Gasteiger partial charge in [-0.05, 0) is 24.5 Å². The van der Waals surface area contributed by atoms with Crippen molar-refractivity contribution in [2.45, 2.75) is 30.8 Å². The molecule has 0 fully saturated rings. The lowest BCUT2D eigenvalue weighted by Crippen LogP contribution is -2.11. The van der Waals surface area contributed by atoms with Crippen LogP contribution in [0, 0.1) is 0 Å². The summed E-state index contributed by atoms with van der Waals surface area (Å²) in [6.45, 7) is 2.73. The summed E-state index contributed by atoms with van der Waals surface area (Å²) in [5.41, 5.74) is 0.340. The number of imidazole rings is 1. The number of nitrogens with zero attached hydrogens (tertiary/aromatic N) is 2. The van der Waals surface area contributed by atoms with Crippen molar-refractivity contribution < 1.29 is 13.2 Å². The van der Waals surface area contributed by atoms with E-state index < -0.39 is 11.7 Å². The zero-order chi connectivity index (χ0) is 14.9. The molecule has 1 aromatic carbocycles. The molecule has 1 unspecified atom stereocenters. The molecule has 1 heterocycles. The van der Waals surface area contributed by atoms with Crippen LogP contribution in [0.5, 0.6) is 0 Å². The van der Waals surface area contributed by atoms with Gasteiger partial charge in [0.25, 0.3) is 0 Å². The molecule has 0 radical (unpaired) electrons. The molecule has 20 heavy (non-hydrogen) atoms. The Labute approximate surface area is 124 Å². The number of hydrogen-bond acceptors (Lipinski definition) is 2. The minimum Gasteiger partial charge on any atom is -0.326 e. The van der Waals surface area contributed by atoms with Crippen LogP contribution < -0.4 is 0 Å². The minimum absolute atomic E-state index is 0.178. The molecule has 2 rings (SSSR count). The van der Waals surface area contributed by atoms with Crippen LogP contribution in [-0.4, -0.2) is 21.1 Å². The predicted molar refractivity (Wildman–Crippen MR) is 77.3 cm³/mol. The molecular weight excluding hydrogens is 309 g/mol. The van der Waals surface area contributed by atoms with Gasteiger partial charge in [0, 0.05) is 11.8 Å². The maximum atomic E-state index is 12.7. The van der Waals surface area contributed by atoms with Crippen LogP contribution >= 0.6 is 23.4 Å². The van der Waals surface area contributed by atoms with Crippen molar-refractivity contribution in [1.82, 2.24) is 9.55 Å². The molecule has 7 heteroatoms. The second kappa shape index (κ2) is 5.85. The summed E-state index contributed by atoms with van der Waals surface area (Å²) in [5, 5.41) is 0.330. The molecule has 1 aromatic heterocycles. The number of hydrogen-bond donors (Lipinski definition) is 0. The monoisotopic (exact) mass is 322 g/mol. The lowest BCUT2D eigenvalue weighted by Gasteiger charge is -2.12. The number of aromatic nitrogens is 2. The molecule has 0 aliphatic carbocycles. The van der Waals surface area contributed by atoms with Crippen LogP contribution in [0.25, 0.3) is 11.0 Å². The maximum absolute atomic E-state index is 12.7. The Morgan fingerprint density at radius 3 is 2.65 bits per heavy atom. The van der Waals surface area contributed by atoms with Crippen LogP contribution in [0.3, 0.4) is 0 Å². The molecule has 1 atom stereocenters.